The van der Waals surface area contributed by atoms with Crippen LogP contribution in [0.5, 0.6) is 0 Å². The van der Waals surface area contributed by atoms with Crippen LogP contribution >= 0.6 is 0 Å². The van der Waals surface area contributed by atoms with Crippen molar-refractivity contribution in [1.29, 1.82) is 0 Å². The maximum atomic E-state index is 6.01. The number of nitrogens with one attached hydrogen (secondary N) is 1. The van der Waals surface area contributed by atoms with Gasteiger partial charge in [-0.05, 0) is 39.2 Å². The van der Waals surface area contributed by atoms with Crippen LogP contribution in [-0.2, 0) is 9.47 Å². The fraction of sp³-hybridized carbons (Fsp3) is 1.00. The molecule has 3 heteroatoms. The van der Waals surface area contributed by atoms with Crippen LogP contribution in [0.3, 0.4) is 0 Å². The molecule has 0 aromatic carbocycles. The largest absolute Gasteiger partial charge is 0.381 e. The van der Waals surface area contributed by atoms with E-state index in [4.69, 9.17) is 9.47 Å². The highest BCUT2D eigenvalue weighted by Gasteiger charge is 2.35. The number of hydrogen-bond acceptors (Lipinski definition) is 3. The van der Waals surface area contributed by atoms with Gasteiger partial charge in [0.15, 0.2) is 0 Å². The summed E-state index contributed by atoms with van der Waals surface area (Å²) in [5, 5.41) is 3.67. The van der Waals surface area contributed by atoms with Crippen molar-refractivity contribution in [1.82, 2.24) is 5.32 Å². The van der Waals surface area contributed by atoms with E-state index in [0.29, 0.717) is 24.2 Å². The lowest BCUT2D eigenvalue weighted by atomic mass is 9.92. The summed E-state index contributed by atoms with van der Waals surface area (Å²) in [4.78, 5) is 0. The first-order valence-electron chi connectivity index (χ1n) is 6.78. The van der Waals surface area contributed by atoms with E-state index in [1.54, 1.807) is 0 Å². The Morgan fingerprint density at radius 3 is 2.75 bits per heavy atom. The van der Waals surface area contributed by atoms with E-state index in [-0.39, 0.29) is 0 Å². The highest BCUT2D eigenvalue weighted by atomic mass is 16.5. The molecule has 2 saturated heterocycles. The number of rotatable bonds is 5. The third kappa shape index (κ3) is 2.96. The van der Waals surface area contributed by atoms with Gasteiger partial charge in [-0.15, -0.1) is 0 Å². The third-order valence-corrected chi connectivity index (χ3v) is 3.77. The molecule has 2 aliphatic heterocycles. The number of ether oxygens (including phenoxy) is 2. The SMILES string of the molecule is CCCNC(C1CCOC1)C1CCC(C)O1. The first-order valence-corrected chi connectivity index (χ1v) is 6.78. The summed E-state index contributed by atoms with van der Waals surface area (Å²) >= 11 is 0. The fourth-order valence-electron chi connectivity index (χ4n) is 2.85. The molecule has 2 aliphatic rings. The number of hydrogen-bond donors (Lipinski definition) is 1. The topological polar surface area (TPSA) is 30.5 Å². The first-order chi connectivity index (χ1) is 7.81. The lowest BCUT2D eigenvalue weighted by Gasteiger charge is -2.29. The van der Waals surface area contributed by atoms with Crippen molar-refractivity contribution in [2.24, 2.45) is 5.92 Å². The summed E-state index contributed by atoms with van der Waals surface area (Å²) in [6.07, 6.45) is 5.65. The first kappa shape index (κ1) is 12.3. The molecule has 2 heterocycles. The van der Waals surface area contributed by atoms with Gasteiger partial charge >= 0.3 is 0 Å². The Hall–Kier alpha value is -0.120. The van der Waals surface area contributed by atoms with Gasteiger partial charge in [0.25, 0.3) is 0 Å². The maximum Gasteiger partial charge on any atom is 0.0736 e. The van der Waals surface area contributed by atoms with E-state index in [9.17, 15) is 0 Å². The second-order valence-electron chi connectivity index (χ2n) is 5.17. The molecule has 0 aromatic heterocycles. The normalized spacial score (nSPS) is 36.8. The zero-order chi connectivity index (χ0) is 11.4. The molecule has 0 amide bonds. The Labute approximate surface area is 98.9 Å². The van der Waals surface area contributed by atoms with Gasteiger partial charge in [-0.25, -0.2) is 0 Å². The van der Waals surface area contributed by atoms with Crippen LogP contribution in [0.2, 0.25) is 0 Å². The Morgan fingerprint density at radius 2 is 2.19 bits per heavy atom. The second-order valence-corrected chi connectivity index (χ2v) is 5.17. The quantitative estimate of drug-likeness (QED) is 0.779. The van der Waals surface area contributed by atoms with Gasteiger partial charge in [0.05, 0.1) is 18.8 Å². The van der Waals surface area contributed by atoms with Crippen LogP contribution in [-0.4, -0.2) is 38.0 Å². The zero-order valence-corrected chi connectivity index (χ0v) is 10.6. The molecule has 16 heavy (non-hydrogen) atoms. The fourth-order valence-corrected chi connectivity index (χ4v) is 2.85. The van der Waals surface area contributed by atoms with E-state index in [1.807, 2.05) is 0 Å². The summed E-state index contributed by atoms with van der Waals surface area (Å²) in [5.41, 5.74) is 0. The smallest absolute Gasteiger partial charge is 0.0736 e. The monoisotopic (exact) mass is 227 g/mol. The molecule has 2 fully saturated rings. The minimum Gasteiger partial charge on any atom is -0.381 e. The predicted octanol–water partition coefficient (Wildman–Crippen LogP) is 1.96. The van der Waals surface area contributed by atoms with Gasteiger partial charge in [-0.3, -0.25) is 0 Å². The van der Waals surface area contributed by atoms with Crippen molar-refractivity contribution in [3.63, 3.8) is 0 Å². The van der Waals surface area contributed by atoms with Gasteiger partial charge in [-0.1, -0.05) is 6.92 Å². The lowest BCUT2D eigenvalue weighted by molar-refractivity contribution is 0.0155. The average molecular weight is 227 g/mol. The molecule has 2 rings (SSSR count). The lowest BCUT2D eigenvalue weighted by Crippen LogP contribution is -2.46. The van der Waals surface area contributed by atoms with Crippen LogP contribution in [0.25, 0.3) is 0 Å². The molecule has 0 spiro atoms. The molecular formula is C13H25NO2. The summed E-state index contributed by atoms with van der Waals surface area (Å²) in [6, 6.07) is 0.507. The Kier molecular flexibility index (Phi) is 4.62. The summed E-state index contributed by atoms with van der Waals surface area (Å²) < 4.78 is 11.5. The summed E-state index contributed by atoms with van der Waals surface area (Å²) in [5.74, 6) is 0.654. The highest BCUT2D eigenvalue weighted by molar-refractivity contribution is 4.89. The zero-order valence-electron chi connectivity index (χ0n) is 10.6. The van der Waals surface area contributed by atoms with E-state index in [2.05, 4.69) is 19.2 Å². The minimum absolute atomic E-state index is 0.410. The van der Waals surface area contributed by atoms with Crippen molar-refractivity contribution in [3.05, 3.63) is 0 Å². The molecule has 0 saturated carbocycles. The van der Waals surface area contributed by atoms with E-state index in [0.717, 1.165) is 19.8 Å². The molecular weight excluding hydrogens is 202 g/mol. The van der Waals surface area contributed by atoms with E-state index >= 15 is 0 Å². The van der Waals surface area contributed by atoms with Crippen LogP contribution in [0, 0.1) is 5.92 Å². The maximum absolute atomic E-state index is 6.01. The van der Waals surface area contributed by atoms with Crippen LogP contribution < -0.4 is 5.32 Å². The van der Waals surface area contributed by atoms with Gasteiger partial charge in [0.1, 0.15) is 0 Å². The molecule has 0 radical (unpaired) electrons. The van der Waals surface area contributed by atoms with Gasteiger partial charge in [0, 0.05) is 18.6 Å². The molecule has 1 N–H and O–H groups in total. The van der Waals surface area contributed by atoms with Gasteiger partial charge in [0.2, 0.25) is 0 Å². The van der Waals surface area contributed by atoms with Crippen molar-refractivity contribution < 1.29 is 9.47 Å². The Morgan fingerprint density at radius 1 is 1.31 bits per heavy atom. The standard InChI is InChI=1S/C13H25NO2/c1-3-7-14-13(11-6-8-15-9-11)12-5-4-10(2)16-12/h10-14H,3-9H2,1-2H3. The summed E-state index contributed by atoms with van der Waals surface area (Å²) in [6.45, 7) is 7.33. The molecule has 3 nitrogen and oxygen atoms in total. The van der Waals surface area contributed by atoms with Gasteiger partial charge in [-0.2, -0.15) is 0 Å². The summed E-state index contributed by atoms with van der Waals surface area (Å²) in [7, 11) is 0. The molecule has 4 atom stereocenters. The average Bonchev–Trinajstić information content (AvgIpc) is 2.91. The van der Waals surface area contributed by atoms with Crippen LogP contribution in [0.15, 0.2) is 0 Å². The second kappa shape index (κ2) is 5.99. The van der Waals surface area contributed by atoms with E-state index in [1.165, 1.54) is 25.7 Å². The predicted molar refractivity (Wildman–Crippen MR) is 64.6 cm³/mol. The van der Waals surface area contributed by atoms with Crippen LogP contribution in [0.1, 0.15) is 39.5 Å². The minimum atomic E-state index is 0.410. The molecule has 0 bridgehead atoms. The van der Waals surface area contributed by atoms with Gasteiger partial charge < -0.3 is 14.8 Å². The molecule has 4 unspecified atom stereocenters. The molecule has 0 aliphatic carbocycles. The van der Waals surface area contributed by atoms with Crippen molar-refractivity contribution in [3.8, 4) is 0 Å². The van der Waals surface area contributed by atoms with Crippen molar-refractivity contribution in [2.45, 2.75) is 57.8 Å². The third-order valence-electron chi connectivity index (χ3n) is 3.77. The molecule has 94 valence electrons. The van der Waals surface area contributed by atoms with E-state index < -0.39 is 0 Å². The van der Waals surface area contributed by atoms with Crippen molar-refractivity contribution >= 4 is 0 Å². The van der Waals surface area contributed by atoms with Crippen molar-refractivity contribution in [2.75, 3.05) is 19.8 Å². The molecule has 0 aromatic rings. The Balaban J connectivity index is 1.90. The Bertz CT molecular complexity index is 204. The van der Waals surface area contributed by atoms with Crippen LogP contribution in [0.4, 0.5) is 0 Å². The highest BCUT2D eigenvalue weighted by Crippen LogP contribution is 2.28.